The first kappa shape index (κ1) is 16.0. The number of benzene rings is 1. The summed E-state index contributed by atoms with van der Waals surface area (Å²) in [5.74, 6) is 0.197. The number of carbonyl (C=O) groups is 1. The van der Waals surface area contributed by atoms with Gasteiger partial charge in [0.25, 0.3) is 0 Å². The van der Waals surface area contributed by atoms with Gasteiger partial charge in [0.2, 0.25) is 5.88 Å². The summed E-state index contributed by atoms with van der Waals surface area (Å²) in [5, 5.41) is 8.69. The van der Waals surface area contributed by atoms with Crippen molar-refractivity contribution >= 4 is 6.16 Å². The summed E-state index contributed by atoms with van der Waals surface area (Å²) in [6, 6.07) is 12.4. The van der Waals surface area contributed by atoms with Crippen molar-refractivity contribution in [2.24, 2.45) is 0 Å². The van der Waals surface area contributed by atoms with E-state index in [2.05, 4.69) is 36.2 Å². The number of carboxylic acid groups (broad SMARTS) is 1. The maximum absolute atomic E-state index is 10.6. The van der Waals surface area contributed by atoms with Gasteiger partial charge < -0.3 is 9.84 Å². The summed E-state index contributed by atoms with van der Waals surface area (Å²) in [7, 11) is 0. The fourth-order valence-corrected chi connectivity index (χ4v) is 2.38. The molecule has 0 saturated carbocycles. The van der Waals surface area contributed by atoms with Gasteiger partial charge in [-0.25, -0.2) is 9.78 Å². The smallest absolute Gasteiger partial charge is 0.449 e. The number of ether oxygens (including phenoxy) is 1. The molecule has 0 fully saturated rings. The van der Waals surface area contributed by atoms with E-state index in [1.54, 1.807) is 6.07 Å². The zero-order chi connectivity index (χ0) is 15.8. The lowest BCUT2D eigenvalue weighted by atomic mass is 10.0. The lowest BCUT2D eigenvalue weighted by Crippen LogP contribution is -2.07. The largest absolute Gasteiger partial charge is 0.512 e. The lowest BCUT2D eigenvalue weighted by Gasteiger charge is -2.07. The van der Waals surface area contributed by atoms with E-state index in [0.717, 1.165) is 37.7 Å². The lowest BCUT2D eigenvalue weighted by molar-refractivity contribution is 0.142. The van der Waals surface area contributed by atoms with Crippen LogP contribution in [0.5, 0.6) is 5.88 Å². The zero-order valence-electron chi connectivity index (χ0n) is 12.8. The van der Waals surface area contributed by atoms with E-state index in [1.165, 1.54) is 17.3 Å². The van der Waals surface area contributed by atoms with Gasteiger partial charge in [0.05, 0.1) is 0 Å². The molecule has 1 heterocycles. The van der Waals surface area contributed by atoms with E-state index in [1.807, 2.05) is 6.07 Å². The number of hydrogen-bond donors (Lipinski definition) is 1. The van der Waals surface area contributed by atoms with E-state index in [0.29, 0.717) is 0 Å². The van der Waals surface area contributed by atoms with Crippen LogP contribution in [0.4, 0.5) is 4.79 Å². The molecule has 0 amide bonds. The van der Waals surface area contributed by atoms with E-state index in [-0.39, 0.29) is 5.88 Å². The second-order valence-electron chi connectivity index (χ2n) is 5.21. The Bertz CT molecular complexity index is 608. The minimum Gasteiger partial charge on any atom is -0.449 e. The van der Waals surface area contributed by atoms with Crippen molar-refractivity contribution in [3.63, 3.8) is 0 Å². The van der Waals surface area contributed by atoms with Gasteiger partial charge in [-0.2, -0.15) is 0 Å². The van der Waals surface area contributed by atoms with Crippen LogP contribution in [0.2, 0.25) is 0 Å². The van der Waals surface area contributed by atoms with Crippen molar-refractivity contribution in [2.75, 3.05) is 0 Å². The highest BCUT2D eigenvalue weighted by atomic mass is 16.7. The Morgan fingerprint density at radius 1 is 1.09 bits per heavy atom. The highest BCUT2D eigenvalue weighted by molar-refractivity contribution is 5.60. The molecule has 0 radical (unpaired) electrons. The molecule has 116 valence electrons. The van der Waals surface area contributed by atoms with Crippen molar-refractivity contribution in [3.8, 4) is 5.88 Å². The summed E-state index contributed by atoms with van der Waals surface area (Å²) in [6.07, 6.45) is 5.09. The second kappa shape index (κ2) is 8.17. The Balaban J connectivity index is 1.82. The second-order valence-corrected chi connectivity index (χ2v) is 5.21. The molecule has 0 bridgehead atoms. The van der Waals surface area contributed by atoms with Crippen LogP contribution >= 0.6 is 0 Å². The third-order valence-corrected chi connectivity index (χ3v) is 3.63. The van der Waals surface area contributed by atoms with Gasteiger partial charge in [0, 0.05) is 11.8 Å². The molecule has 4 nitrogen and oxygen atoms in total. The van der Waals surface area contributed by atoms with Crippen molar-refractivity contribution in [1.82, 2.24) is 4.98 Å². The number of pyridine rings is 1. The molecule has 2 aromatic rings. The van der Waals surface area contributed by atoms with Crippen LogP contribution < -0.4 is 4.74 Å². The number of aryl methyl sites for hydroxylation is 3. The minimum atomic E-state index is -1.32. The maximum atomic E-state index is 10.6. The van der Waals surface area contributed by atoms with Gasteiger partial charge in [0.15, 0.2) is 0 Å². The van der Waals surface area contributed by atoms with Crippen molar-refractivity contribution in [2.45, 2.75) is 39.0 Å². The third-order valence-electron chi connectivity index (χ3n) is 3.63. The summed E-state index contributed by atoms with van der Waals surface area (Å²) in [5.41, 5.74) is 3.53. The van der Waals surface area contributed by atoms with Crippen LogP contribution in [0.1, 0.15) is 36.5 Å². The number of hydrogen-bond acceptors (Lipinski definition) is 3. The minimum absolute atomic E-state index is 0.197. The SMILES string of the molecule is CCc1ccc(CCCCc2cccnc2OC(=O)O)cc1. The Morgan fingerprint density at radius 2 is 1.77 bits per heavy atom. The van der Waals surface area contributed by atoms with E-state index >= 15 is 0 Å². The summed E-state index contributed by atoms with van der Waals surface area (Å²) < 4.78 is 4.69. The average molecular weight is 299 g/mol. The molecule has 0 aliphatic carbocycles. The standard InChI is InChI=1S/C18H21NO3/c1-2-14-9-11-15(12-10-14)6-3-4-7-16-8-5-13-19-17(16)22-18(20)21/h5,8-13H,2-4,6-7H2,1H3,(H,20,21). The van der Waals surface area contributed by atoms with E-state index in [9.17, 15) is 4.79 Å². The highest BCUT2D eigenvalue weighted by Gasteiger charge is 2.08. The van der Waals surface area contributed by atoms with E-state index in [4.69, 9.17) is 9.84 Å². The van der Waals surface area contributed by atoms with Gasteiger partial charge in [-0.05, 0) is 49.3 Å². The van der Waals surface area contributed by atoms with Gasteiger partial charge >= 0.3 is 6.16 Å². The number of unbranched alkanes of at least 4 members (excludes halogenated alkanes) is 1. The zero-order valence-corrected chi connectivity index (χ0v) is 12.8. The first-order valence-corrected chi connectivity index (χ1v) is 7.61. The summed E-state index contributed by atoms with van der Waals surface area (Å²) >= 11 is 0. The Kier molecular flexibility index (Phi) is 5.95. The molecule has 0 unspecified atom stereocenters. The van der Waals surface area contributed by atoms with Crippen LogP contribution in [-0.4, -0.2) is 16.2 Å². The van der Waals surface area contributed by atoms with Crippen LogP contribution in [-0.2, 0) is 19.3 Å². The molecule has 1 N–H and O–H groups in total. The van der Waals surface area contributed by atoms with Crippen LogP contribution in [0.25, 0.3) is 0 Å². The molecule has 2 rings (SSSR count). The van der Waals surface area contributed by atoms with E-state index < -0.39 is 6.16 Å². The fourth-order valence-electron chi connectivity index (χ4n) is 2.38. The topological polar surface area (TPSA) is 59.4 Å². The monoisotopic (exact) mass is 299 g/mol. The van der Waals surface area contributed by atoms with Crippen LogP contribution in [0.3, 0.4) is 0 Å². The van der Waals surface area contributed by atoms with Crippen molar-refractivity contribution in [1.29, 1.82) is 0 Å². The molecule has 0 aliphatic heterocycles. The van der Waals surface area contributed by atoms with Gasteiger partial charge in [0.1, 0.15) is 0 Å². The molecule has 22 heavy (non-hydrogen) atoms. The number of nitrogens with zero attached hydrogens (tertiary/aromatic N) is 1. The molecule has 4 heteroatoms. The predicted molar refractivity (Wildman–Crippen MR) is 85.4 cm³/mol. The van der Waals surface area contributed by atoms with Crippen molar-refractivity contribution < 1.29 is 14.6 Å². The molecular weight excluding hydrogens is 278 g/mol. The predicted octanol–water partition coefficient (Wildman–Crippen LogP) is 4.27. The number of rotatable bonds is 7. The number of aromatic nitrogens is 1. The third kappa shape index (κ3) is 4.88. The molecular formula is C18H21NO3. The molecule has 1 aromatic carbocycles. The molecule has 0 aliphatic rings. The summed E-state index contributed by atoms with van der Waals surface area (Å²) in [4.78, 5) is 14.6. The normalized spacial score (nSPS) is 10.4. The maximum Gasteiger partial charge on any atom is 0.512 e. The van der Waals surface area contributed by atoms with Crippen LogP contribution in [0, 0.1) is 0 Å². The molecule has 0 spiro atoms. The molecule has 0 saturated heterocycles. The van der Waals surface area contributed by atoms with Gasteiger partial charge in [-0.3, -0.25) is 0 Å². The Hall–Kier alpha value is -2.36. The fraction of sp³-hybridized carbons (Fsp3) is 0.333. The Morgan fingerprint density at radius 3 is 2.45 bits per heavy atom. The molecule has 1 aromatic heterocycles. The van der Waals surface area contributed by atoms with Gasteiger partial charge in [-0.15, -0.1) is 0 Å². The molecule has 0 atom stereocenters. The van der Waals surface area contributed by atoms with Crippen molar-refractivity contribution in [3.05, 3.63) is 59.3 Å². The first-order chi connectivity index (χ1) is 10.7. The van der Waals surface area contributed by atoms with Gasteiger partial charge in [-0.1, -0.05) is 37.3 Å². The Labute approximate surface area is 130 Å². The first-order valence-electron chi connectivity index (χ1n) is 7.61. The summed E-state index contributed by atoms with van der Waals surface area (Å²) in [6.45, 7) is 2.15. The van der Waals surface area contributed by atoms with Crippen LogP contribution in [0.15, 0.2) is 42.6 Å². The highest BCUT2D eigenvalue weighted by Crippen LogP contribution is 2.18. The quantitative estimate of drug-likeness (QED) is 0.613. The average Bonchev–Trinajstić information content (AvgIpc) is 2.53.